The number of hydrogen-bond acceptors (Lipinski definition) is 4. The molecule has 0 saturated carbocycles. The Kier molecular flexibility index (Phi) is 3.09. The highest BCUT2D eigenvalue weighted by molar-refractivity contribution is 5.49. The van der Waals surface area contributed by atoms with Gasteiger partial charge >= 0.3 is 0 Å². The van der Waals surface area contributed by atoms with Crippen LogP contribution in [0.4, 0.5) is 10.1 Å². The summed E-state index contributed by atoms with van der Waals surface area (Å²) in [6.07, 6.45) is -1.53. The summed E-state index contributed by atoms with van der Waals surface area (Å²) in [7, 11) is 0. The van der Waals surface area contributed by atoms with Crippen LogP contribution in [0.3, 0.4) is 0 Å². The maximum absolute atomic E-state index is 13.5. The highest BCUT2D eigenvalue weighted by Gasteiger charge is 2.29. The lowest BCUT2D eigenvalue weighted by molar-refractivity contribution is 0.0572. The van der Waals surface area contributed by atoms with Crippen molar-refractivity contribution in [3.8, 4) is 0 Å². The largest absolute Gasteiger partial charge is 0.389 e. The van der Waals surface area contributed by atoms with E-state index in [1.807, 2.05) is 0 Å². The number of β-amino-alcohol motifs (C(OH)–C–C–N with tert-alkyl or cyclic N) is 2. The molecule has 2 rings (SSSR count). The Morgan fingerprint density at radius 2 is 1.94 bits per heavy atom. The number of halogens is 1. The van der Waals surface area contributed by atoms with Crippen molar-refractivity contribution in [3.05, 3.63) is 29.6 Å². The monoisotopic (exact) mass is 226 g/mol. The minimum Gasteiger partial charge on any atom is -0.389 e. The normalized spacial score (nSPS) is 25.1. The second-order valence-electron chi connectivity index (χ2n) is 4.02. The summed E-state index contributed by atoms with van der Waals surface area (Å²) in [4.78, 5) is 1.75. The van der Waals surface area contributed by atoms with Gasteiger partial charge in [0.1, 0.15) is 5.82 Å². The standard InChI is InChI=1S/C11H15FN2O2/c12-9-3-8(2-1-7(9)4-13)14-5-10(15)11(16)6-14/h1-3,10-11,15-16H,4-6,13H2. The average molecular weight is 226 g/mol. The number of nitrogens with zero attached hydrogens (tertiary/aromatic N) is 1. The topological polar surface area (TPSA) is 69.7 Å². The fraction of sp³-hybridized carbons (Fsp3) is 0.455. The van der Waals surface area contributed by atoms with Gasteiger partial charge in [-0.3, -0.25) is 0 Å². The number of rotatable bonds is 2. The molecule has 1 aromatic carbocycles. The van der Waals surface area contributed by atoms with Crippen LogP contribution in [-0.4, -0.2) is 35.5 Å². The van der Waals surface area contributed by atoms with Gasteiger partial charge < -0.3 is 20.8 Å². The maximum Gasteiger partial charge on any atom is 0.129 e. The fourth-order valence-corrected chi connectivity index (χ4v) is 1.88. The van der Waals surface area contributed by atoms with Crippen molar-refractivity contribution in [2.75, 3.05) is 18.0 Å². The second kappa shape index (κ2) is 4.37. The lowest BCUT2D eigenvalue weighted by atomic mass is 10.2. The summed E-state index contributed by atoms with van der Waals surface area (Å²) in [5.74, 6) is -0.351. The van der Waals surface area contributed by atoms with Gasteiger partial charge in [-0.15, -0.1) is 0 Å². The Morgan fingerprint density at radius 3 is 2.44 bits per heavy atom. The van der Waals surface area contributed by atoms with Crippen molar-refractivity contribution in [2.45, 2.75) is 18.8 Å². The third-order valence-electron chi connectivity index (χ3n) is 2.88. The van der Waals surface area contributed by atoms with Gasteiger partial charge in [-0.2, -0.15) is 0 Å². The Hall–Kier alpha value is -1.17. The molecule has 0 amide bonds. The molecule has 88 valence electrons. The smallest absolute Gasteiger partial charge is 0.129 e. The second-order valence-corrected chi connectivity index (χ2v) is 4.02. The summed E-state index contributed by atoms with van der Waals surface area (Å²) < 4.78 is 13.5. The van der Waals surface area contributed by atoms with Crippen molar-refractivity contribution in [1.82, 2.24) is 0 Å². The van der Waals surface area contributed by atoms with E-state index in [0.717, 1.165) is 0 Å². The van der Waals surface area contributed by atoms with Crippen LogP contribution in [0, 0.1) is 5.82 Å². The third-order valence-corrected chi connectivity index (χ3v) is 2.88. The summed E-state index contributed by atoms with van der Waals surface area (Å²) in [6, 6.07) is 4.75. The van der Waals surface area contributed by atoms with E-state index in [4.69, 9.17) is 5.73 Å². The van der Waals surface area contributed by atoms with E-state index in [1.54, 1.807) is 17.0 Å². The van der Waals surface area contributed by atoms with E-state index in [1.165, 1.54) is 6.07 Å². The molecular formula is C11H15FN2O2. The van der Waals surface area contributed by atoms with Crippen LogP contribution < -0.4 is 10.6 Å². The van der Waals surface area contributed by atoms with E-state index in [9.17, 15) is 14.6 Å². The maximum atomic E-state index is 13.5. The van der Waals surface area contributed by atoms with Crippen LogP contribution in [0.25, 0.3) is 0 Å². The Morgan fingerprint density at radius 1 is 1.31 bits per heavy atom. The number of hydrogen-bond donors (Lipinski definition) is 3. The first-order valence-electron chi connectivity index (χ1n) is 5.21. The molecule has 0 aromatic heterocycles. The van der Waals surface area contributed by atoms with Gasteiger partial charge in [0.15, 0.2) is 0 Å². The van der Waals surface area contributed by atoms with Crippen LogP contribution in [0.2, 0.25) is 0 Å². The molecule has 0 bridgehead atoms. The van der Waals surface area contributed by atoms with Crippen molar-refractivity contribution in [2.24, 2.45) is 5.73 Å². The predicted molar refractivity (Wildman–Crippen MR) is 58.5 cm³/mol. The molecule has 4 nitrogen and oxygen atoms in total. The highest BCUT2D eigenvalue weighted by atomic mass is 19.1. The molecule has 1 aliphatic rings. The molecule has 4 N–H and O–H groups in total. The molecule has 16 heavy (non-hydrogen) atoms. The molecule has 5 heteroatoms. The summed E-state index contributed by atoms with van der Waals surface area (Å²) >= 11 is 0. The molecule has 1 heterocycles. The first-order chi connectivity index (χ1) is 7.61. The van der Waals surface area contributed by atoms with Gasteiger partial charge in [0.2, 0.25) is 0 Å². The van der Waals surface area contributed by atoms with Crippen LogP contribution in [0.5, 0.6) is 0 Å². The molecular weight excluding hydrogens is 211 g/mol. The molecule has 1 saturated heterocycles. The van der Waals surface area contributed by atoms with E-state index >= 15 is 0 Å². The number of aliphatic hydroxyl groups is 2. The van der Waals surface area contributed by atoms with Crippen LogP contribution in [-0.2, 0) is 6.54 Å². The number of nitrogens with two attached hydrogens (primary N) is 1. The quantitative estimate of drug-likeness (QED) is 0.654. The van der Waals surface area contributed by atoms with E-state index < -0.39 is 12.2 Å². The highest BCUT2D eigenvalue weighted by Crippen LogP contribution is 2.23. The lowest BCUT2D eigenvalue weighted by Crippen LogP contribution is -2.22. The minimum absolute atomic E-state index is 0.164. The lowest BCUT2D eigenvalue weighted by Gasteiger charge is -2.18. The zero-order chi connectivity index (χ0) is 11.7. The molecule has 0 spiro atoms. The SMILES string of the molecule is NCc1ccc(N2CC(O)C(O)C2)cc1F. The van der Waals surface area contributed by atoms with E-state index in [0.29, 0.717) is 24.3 Å². The number of benzene rings is 1. The zero-order valence-corrected chi connectivity index (χ0v) is 8.81. The van der Waals surface area contributed by atoms with Crippen LogP contribution >= 0.6 is 0 Å². The summed E-state index contributed by atoms with van der Waals surface area (Å²) in [6.45, 7) is 0.808. The number of anilines is 1. The van der Waals surface area contributed by atoms with E-state index in [2.05, 4.69) is 0 Å². The number of aliphatic hydroxyl groups excluding tert-OH is 2. The fourth-order valence-electron chi connectivity index (χ4n) is 1.88. The third kappa shape index (κ3) is 2.02. The molecule has 2 atom stereocenters. The van der Waals surface area contributed by atoms with Crippen molar-refractivity contribution in [3.63, 3.8) is 0 Å². The summed E-state index contributed by atoms with van der Waals surface area (Å²) in [5.41, 5.74) is 6.48. The minimum atomic E-state index is -0.766. The van der Waals surface area contributed by atoms with Crippen molar-refractivity contribution in [1.29, 1.82) is 0 Å². The van der Waals surface area contributed by atoms with Gasteiger partial charge in [-0.1, -0.05) is 6.07 Å². The van der Waals surface area contributed by atoms with Gasteiger partial charge in [-0.25, -0.2) is 4.39 Å². The summed E-state index contributed by atoms with van der Waals surface area (Å²) in [5, 5.41) is 18.8. The van der Waals surface area contributed by atoms with Gasteiger partial charge in [0.25, 0.3) is 0 Å². The van der Waals surface area contributed by atoms with E-state index in [-0.39, 0.29) is 12.4 Å². The molecule has 0 aliphatic carbocycles. The predicted octanol–water partition coefficient (Wildman–Crippen LogP) is -0.174. The molecule has 0 radical (unpaired) electrons. The van der Waals surface area contributed by atoms with Gasteiger partial charge in [-0.05, 0) is 12.1 Å². The average Bonchev–Trinajstić information content (AvgIpc) is 2.59. The van der Waals surface area contributed by atoms with Crippen molar-refractivity contribution < 1.29 is 14.6 Å². The molecule has 1 aliphatic heterocycles. The zero-order valence-electron chi connectivity index (χ0n) is 8.81. The Bertz CT molecular complexity index is 376. The van der Waals surface area contributed by atoms with Gasteiger partial charge in [0, 0.05) is 30.9 Å². The van der Waals surface area contributed by atoms with Crippen LogP contribution in [0.1, 0.15) is 5.56 Å². The first-order valence-corrected chi connectivity index (χ1v) is 5.21. The van der Waals surface area contributed by atoms with Crippen LogP contribution in [0.15, 0.2) is 18.2 Å². The first kappa shape index (κ1) is 11.3. The molecule has 2 unspecified atom stereocenters. The molecule has 1 fully saturated rings. The Balaban J connectivity index is 2.19. The Labute approximate surface area is 93.1 Å². The van der Waals surface area contributed by atoms with Gasteiger partial charge in [0.05, 0.1) is 12.2 Å². The van der Waals surface area contributed by atoms with Crippen molar-refractivity contribution >= 4 is 5.69 Å². The molecule has 1 aromatic rings.